The van der Waals surface area contributed by atoms with Crippen molar-refractivity contribution >= 4 is 11.8 Å². The van der Waals surface area contributed by atoms with E-state index >= 15 is 0 Å². The SMILES string of the molecule is CNc1nc(-c2ccc(C#N)c(F)c2)cc(N2C[C@@H](CN(C)C)OC[C@H]2C)n1. The van der Waals surface area contributed by atoms with Crippen LogP contribution in [0.1, 0.15) is 12.5 Å². The summed E-state index contributed by atoms with van der Waals surface area (Å²) in [6.45, 7) is 4.23. The van der Waals surface area contributed by atoms with Crippen LogP contribution in [0.4, 0.5) is 16.2 Å². The third-order valence-electron chi connectivity index (χ3n) is 4.69. The number of anilines is 2. The molecule has 2 heterocycles. The number of aromatic nitrogens is 2. The lowest BCUT2D eigenvalue weighted by Gasteiger charge is -2.39. The molecule has 0 amide bonds. The minimum absolute atomic E-state index is 0.0141. The van der Waals surface area contributed by atoms with Crippen molar-refractivity contribution in [1.82, 2.24) is 14.9 Å². The second-order valence-electron chi connectivity index (χ2n) is 7.21. The zero-order chi connectivity index (χ0) is 20.3. The maximum absolute atomic E-state index is 14.1. The van der Waals surface area contributed by atoms with Crippen LogP contribution in [0.2, 0.25) is 0 Å². The van der Waals surface area contributed by atoms with E-state index in [4.69, 9.17) is 10.00 Å². The van der Waals surface area contributed by atoms with Gasteiger partial charge in [-0.3, -0.25) is 0 Å². The van der Waals surface area contributed by atoms with Crippen LogP contribution >= 0.6 is 0 Å². The molecule has 1 N–H and O–H groups in total. The number of nitrogens with one attached hydrogen (secondary N) is 1. The van der Waals surface area contributed by atoms with Crippen LogP contribution in [0.5, 0.6) is 0 Å². The Hall–Kier alpha value is -2.76. The topological polar surface area (TPSA) is 77.3 Å². The van der Waals surface area contributed by atoms with E-state index in [9.17, 15) is 4.39 Å². The van der Waals surface area contributed by atoms with Crippen molar-refractivity contribution in [2.45, 2.75) is 19.1 Å². The van der Waals surface area contributed by atoms with Crippen LogP contribution in [0.15, 0.2) is 24.3 Å². The van der Waals surface area contributed by atoms with Gasteiger partial charge in [0.15, 0.2) is 0 Å². The summed E-state index contributed by atoms with van der Waals surface area (Å²) >= 11 is 0. The fourth-order valence-electron chi connectivity index (χ4n) is 3.26. The Balaban J connectivity index is 1.96. The van der Waals surface area contributed by atoms with Crippen molar-refractivity contribution in [3.63, 3.8) is 0 Å². The number of rotatable bonds is 5. The molecule has 1 aliphatic rings. The minimum Gasteiger partial charge on any atom is -0.373 e. The first-order chi connectivity index (χ1) is 13.4. The van der Waals surface area contributed by atoms with Crippen molar-refractivity contribution in [2.75, 3.05) is 51.1 Å². The van der Waals surface area contributed by atoms with Crippen LogP contribution in [-0.4, -0.2) is 67.9 Å². The fraction of sp³-hybridized carbons (Fsp3) is 0.450. The Kier molecular flexibility index (Phi) is 6.07. The Bertz CT molecular complexity index is 881. The molecule has 148 valence electrons. The molecule has 1 saturated heterocycles. The summed E-state index contributed by atoms with van der Waals surface area (Å²) < 4.78 is 20.0. The monoisotopic (exact) mass is 384 g/mol. The van der Waals surface area contributed by atoms with E-state index in [0.29, 0.717) is 30.4 Å². The molecule has 1 aromatic heterocycles. The lowest BCUT2D eigenvalue weighted by atomic mass is 10.1. The van der Waals surface area contributed by atoms with Crippen LogP contribution in [0.25, 0.3) is 11.3 Å². The highest BCUT2D eigenvalue weighted by molar-refractivity contribution is 5.66. The summed E-state index contributed by atoms with van der Waals surface area (Å²) in [6, 6.07) is 8.36. The number of benzene rings is 1. The molecule has 0 spiro atoms. The summed E-state index contributed by atoms with van der Waals surface area (Å²) in [5, 5.41) is 11.9. The largest absolute Gasteiger partial charge is 0.373 e. The van der Waals surface area contributed by atoms with E-state index < -0.39 is 5.82 Å². The molecule has 8 heteroatoms. The predicted molar refractivity (Wildman–Crippen MR) is 107 cm³/mol. The van der Waals surface area contributed by atoms with E-state index in [1.807, 2.05) is 26.2 Å². The molecule has 0 aliphatic carbocycles. The first kappa shape index (κ1) is 20.0. The lowest BCUT2D eigenvalue weighted by molar-refractivity contribution is 0.00851. The number of likely N-dealkylation sites (N-methyl/N-ethyl adjacent to an activating group) is 1. The summed E-state index contributed by atoms with van der Waals surface area (Å²) in [4.78, 5) is 13.4. The zero-order valence-electron chi connectivity index (χ0n) is 16.6. The second kappa shape index (κ2) is 8.50. The van der Waals surface area contributed by atoms with Gasteiger partial charge in [0.1, 0.15) is 17.7 Å². The summed E-state index contributed by atoms with van der Waals surface area (Å²) in [7, 11) is 5.79. The molecular weight excluding hydrogens is 359 g/mol. The Labute approximate surface area is 164 Å². The van der Waals surface area contributed by atoms with Crippen LogP contribution in [0.3, 0.4) is 0 Å². The molecule has 2 atom stereocenters. The van der Waals surface area contributed by atoms with Gasteiger partial charge in [0.25, 0.3) is 0 Å². The molecule has 0 unspecified atom stereocenters. The second-order valence-corrected chi connectivity index (χ2v) is 7.21. The minimum atomic E-state index is -0.558. The van der Waals surface area contributed by atoms with Crippen LogP contribution in [0, 0.1) is 17.1 Å². The fourth-order valence-corrected chi connectivity index (χ4v) is 3.26. The molecule has 3 rings (SSSR count). The van der Waals surface area contributed by atoms with E-state index in [1.54, 1.807) is 13.1 Å². The molecule has 2 aromatic rings. The Morgan fingerprint density at radius 3 is 2.79 bits per heavy atom. The van der Waals surface area contributed by atoms with Gasteiger partial charge < -0.3 is 19.9 Å². The zero-order valence-corrected chi connectivity index (χ0v) is 16.6. The molecule has 0 bridgehead atoms. The first-order valence-electron chi connectivity index (χ1n) is 9.21. The first-order valence-corrected chi connectivity index (χ1v) is 9.21. The highest BCUT2D eigenvalue weighted by atomic mass is 19.1. The van der Waals surface area contributed by atoms with Gasteiger partial charge in [0.05, 0.1) is 30.0 Å². The normalized spacial score (nSPS) is 19.5. The standard InChI is InChI=1S/C20H25FN6O/c1-13-12-28-16(10-26(3)4)11-27(13)19-8-18(24-20(23-2)25-19)14-5-6-15(9-22)17(21)7-14/h5-8,13,16H,10-12H2,1-4H3,(H,23,24,25)/t13-,16-/m1/s1. The average Bonchev–Trinajstić information content (AvgIpc) is 2.68. The van der Waals surface area contributed by atoms with Gasteiger partial charge >= 0.3 is 0 Å². The molecule has 0 radical (unpaired) electrons. The van der Waals surface area contributed by atoms with Gasteiger partial charge in [-0.05, 0) is 33.2 Å². The third kappa shape index (κ3) is 4.38. The summed E-state index contributed by atoms with van der Waals surface area (Å²) in [5.74, 6) is 0.663. The van der Waals surface area contributed by atoms with E-state index in [0.717, 1.165) is 12.4 Å². The number of nitrogens with zero attached hydrogens (tertiary/aromatic N) is 5. The van der Waals surface area contributed by atoms with E-state index in [-0.39, 0.29) is 17.7 Å². The molecule has 1 fully saturated rings. The van der Waals surface area contributed by atoms with Crippen LogP contribution in [-0.2, 0) is 4.74 Å². The van der Waals surface area contributed by atoms with Crippen molar-refractivity contribution in [1.29, 1.82) is 5.26 Å². The highest BCUT2D eigenvalue weighted by Gasteiger charge is 2.28. The summed E-state index contributed by atoms with van der Waals surface area (Å²) in [6.07, 6.45) is 0.0787. The van der Waals surface area contributed by atoms with Crippen LogP contribution < -0.4 is 10.2 Å². The van der Waals surface area contributed by atoms with Gasteiger partial charge in [-0.25, -0.2) is 9.37 Å². The average molecular weight is 384 g/mol. The van der Waals surface area contributed by atoms with Gasteiger partial charge in [0.2, 0.25) is 5.95 Å². The highest BCUT2D eigenvalue weighted by Crippen LogP contribution is 2.27. The smallest absolute Gasteiger partial charge is 0.224 e. The van der Waals surface area contributed by atoms with Gasteiger partial charge in [0, 0.05) is 31.8 Å². The molecule has 0 saturated carbocycles. The summed E-state index contributed by atoms with van der Waals surface area (Å²) in [5.41, 5.74) is 1.21. The molecular formula is C20H25FN6O. The van der Waals surface area contributed by atoms with E-state index in [1.165, 1.54) is 12.1 Å². The van der Waals surface area contributed by atoms with Gasteiger partial charge in [-0.15, -0.1) is 0 Å². The molecule has 28 heavy (non-hydrogen) atoms. The quantitative estimate of drug-likeness (QED) is 0.848. The van der Waals surface area contributed by atoms with Gasteiger partial charge in [-0.2, -0.15) is 10.2 Å². The molecule has 7 nitrogen and oxygen atoms in total. The molecule has 1 aromatic carbocycles. The molecule has 1 aliphatic heterocycles. The Morgan fingerprint density at radius 2 is 2.14 bits per heavy atom. The number of hydrogen-bond donors (Lipinski definition) is 1. The van der Waals surface area contributed by atoms with Crippen molar-refractivity contribution in [3.05, 3.63) is 35.6 Å². The number of halogens is 1. The number of hydrogen-bond acceptors (Lipinski definition) is 7. The maximum atomic E-state index is 14.1. The van der Waals surface area contributed by atoms with E-state index in [2.05, 4.69) is 32.0 Å². The number of morpholine rings is 1. The van der Waals surface area contributed by atoms with Crippen molar-refractivity contribution in [2.24, 2.45) is 0 Å². The Morgan fingerprint density at radius 1 is 1.36 bits per heavy atom. The predicted octanol–water partition coefficient (Wildman–Crippen LogP) is 2.35. The van der Waals surface area contributed by atoms with Crippen molar-refractivity contribution < 1.29 is 9.13 Å². The number of nitriles is 1. The number of ether oxygens (including phenoxy) is 1. The van der Waals surface area contributed by atoms with Gasteiger partial charge in [-0.1, -0.05) is 6.07 Å². The lowest BCUT2D eigenvalue weighted by Crippen LogP contribution is -2.51. The van der Waals surface area contributed by atoms with Crippen molar-refractivity contribution in [3.8, 4) is 17.3 Å². The maximum Gasteiger partial charge on any atom is 0.224 e. The third-order valence-corrected chi connectivity index (χ3v) is 4.69.